The molecule has 4 rings (SSSR count). The summed E-state index contributed by atoms with van der Waals surface area (Å²) in [7, 11) is 1.67. The van der Waals surface area contributed by atoms with Crippen LogP contribution in [0.4, 0.5) is 0 Å². The van der Waals surface area contributed by atoms with Gasteiger partial charge in [0, 0.05) is 54.9 Å². The van der Waals surface area contributed by atoms with E-state index in [-0.39, 0.29) is 11.8 Å². The van der Waals surface area contributed by atoms with Gasteiger partial charge in [-0.15, -0.1) is 0 Å². The molecule has 30 heavy (non-hydrogen) atoms. The van der Waals surface area contributed by atoms with Crippen molar-refractivity contribution in [2.24, 2.45) is 0 Å². The molecule has 0 aliphatic heterocycles. The number of ether oxygens (including phenoxy) is 1. The first-order chi connectivity index (χ1) is 14.7. The molecule has 0 fully saturated rings. The van der Waals surface area contributed by atoms with Gasteiger partial charge in [0.1, 0.15) is 5.75 Å². The van der Waals surface area contributed by atoms with Crippen LogP contribution >= 0.6 is 0 Å². The van der Waals surface area contributed by atoms with Crippen LogP contribution in [-0.2, 0) is 11.3 Å². The maximum atomic E-state index is 12.5. The van der Waals surface area contributed by atoms with Crippen LogP contribution in [0, 0.1) is 0 Å². The third-order valence-corrected chi connectivity index (χ3v) is 5.50. The van der Waals surface area contributed by atoms with Gasteiger partial charge in [0.05, 0.1) is 7.11 Å². The number of benzene rings is 2. The maximum absolute atomic E-state index is 12.5. The topological polar surface area (TPSA) is 59.0 Å². The summed E-state index contributed by atoms with van der Waals surface area (Å²) in [5, 5.41) is 4.33. The number of aromatic nitrogens is 2. The first-order valence-corrected chi connectivity index (χ1v) is 10.3. The van der Waals surface area contributed by atoms with E-state index in [2.05, 4.69) is 45.3 Å². The van der Waals surface area contributed by atoms with Gasteiger partial charge in [-0.2, -0.15) is 0 Å². The highest BCUT2D eigenvalue weighted by atomic mass is 16.5. The predicted octanol–water partition coefficient (Wildman–Crippen LogP) is 4.71. The summed E-state index contributed by atoms with van der Waals surface area (Å²) in [5.41, 5.74) is 3.43. The largest absolute Gasteiger partial charge is 0.497 e. The van der Waals surface area contributed by atoms with E-state index in [1.165, 1.54) is 10.9 Å². The molecular formula is C25H27N3O2. The van der Waals surface area contributed by atoms with Gasteiger partial charge in [-0.3, -0.25) is 4.79 Å². The summed E-state index contributed by atoms with van der Waals surface area (Å²) < 4.78 is 7.40. The van der Waals surface area contributed by atoms with Crippen molar-refractivity contribution >= 4 is 16.8 Å². The van der Waals surface area contributed by atoms with Crippen LogP contribution < -0.4 is 10.1 Å². The van der Waals surface area contributed by atoms with Crippen LogP contribution in [0.25, 0.3) is 10.9 Å². The Labute approximate surface area is 176 Å². The number of H-pyrrole nitrogens is 1. The Kier molecular flexibility index (Phi) is 6.18. The van der Waals surface area contributed by atoms with Gasteiger partial charge in [0.2, 0.25) is 5.91 Å². The van der Waals surface area contributed by atoms with Gasteiger partial charge in [0.25, 0.3) is 0 Å². The molecule has 0 saturated heterocycles. The molecule has 2 aromatic carbocycles. The first-order valence-electron chi connectivity index (χ1n) is 10.3. The lowest BCUT2D eigenvalue weighted by atomic mass is 9.90. The van der Waals surface area contributed by atoms with Gasteiger partial charge >= 0.3 is 0 Å². The molecule has 0 aliphatic rings. The molecule has 0 bridgehead atoms. The van der Waals surface area contributed by atoms with E-state index >= 15 is 0 Å². The summed E-state index contributed by atoms with van der Waals surface area (Å²) in [5.74, 6) is 0.964. The normalized spacial score (nSPS) is 12.0. The molecule has 0 aliphatic carbocycles. The Balaban J connectivity index is 1.48. The summed E-state index contributed by atoms with van der Waals surface area (Å²) in [6.45, 7) is 1.40. The van der Waals surface area contributed by atoms with E-state index in [1.807, 2.05) is 48.8 Å². The molecule has 2 heterocycles. The zero-order valence-corrected chi connectivity index (χ0v) is 17.2. The van der Waals surface area contributed by atoms with E-state index < -0.39 is 0 Å². The standard InChI is InChI=1S/C25H27N3O2/c1-30-20-12-10-19(11-13-20)22(23-18-26-24-8-3-2-7-21(23)24)17-27-25(29)9-6-16-28-14-4-5-15-28/h2-5,7-8,10-15,18,22,26H,6,9,16-17H2,1H3,(H,27,29). The van der Waals surface area contributed by atoms with E-state index in [9.17, 15) is 4.79 Å². The van der Waals surface area contributed by atoms with Crippen molar-refractivity contribution in [2.45, 2.75) is 25.3 Å². The van der Waals surface area contributed by atoms with Crippen LogP contribution in [0.2, 0.25) is 0 Å². The quantitative estimate of drug-likeness (QED) is 0.427. The van der Waals surface area contributed by atoms with Crippen LogP contribution in [0.1, 0.15) is 29.9 Å². The Morgan fingerprint density at radius 1 is 1.07 bits per heavy atom. The van der Waals surface area contributed by atoms with Crippen molar-refractivity contribution in [1.82, 2.24) is 14.9 Å². The second-order valence-electron chi connectivity index (χ2n) is 7.44. The maximum Gasteiger partial charge on any atom is 0.220 e. The Morgan fingerprint density at radius 2 is 1.83 bits per heavy atom. The molecular weight excluding hydrogens is 374 g/mol. The number of methoxy groups -OCH3 is 1. The fraction of sp³-hybridized carbons (Fsp3) is 0.240. The molecule has 154 valence electrons. The van der Waals surface area contributed by atoms with Crippen LogP contribution in [0.15, 0.2) is 79.3 Å². The highest BCUT2D eigenvalue weighted by Crippen LogP contribution is 2.31. The Bertz CT molecular complexity index is 1080. The minimum Gasteiger partial charge on any atom is -0.497 e. The van der Waals surface area contributed by atoms with Crippen molar-refractivity contribution in [3.63, 3.8) is 0 Å². The fourth-order valence-electron chi connectivity index (χ4n) is 3.87. The molecule has 1 atom stereocenters. The lowest BCUT2D eigenvalue weighted by Crippen LogP contribution is -2.28. The average Bonchev–Trinajstić information content (AvgIpc) is 3.45. The van der Waals surface area contributed by atoms with Gasteiger partial charge in [-0.1, -0.05) is 30.3 Å². The molecule has 0 saturated carbocycles. The van der Waals surface area contributed by atoms with Crippen molar-refractivity contribution < 1.29 is 9.53 Å². The highest BCUT2D eigenvalue weighted by Gasteiger charge is 2.19. The van der Waals surface area contributed by atoms with Gasteiger partial charge in [0.15, 0.2) is 0 Å². The number of aryl methyl sites for hydroxylation is 1. The number of para-hydroxylation sites is 1. The molecule has 5 heteroatoms. The number of rotatable bonds is 9. The number of amides is 1. The minimum absolute atomic E-state index is 0.0560. The third-order valence-electron chi connectivity index (χ3n) is 5.50. The average molecular weight is 402 g/mol. The SMILES string of the molecule is COc1ccc(C(CNC(=O)CCCn2cccc2)c2c[nH]c3ccccc23)cc1. The molecule has 1 amide bonds. The van der Waals surface area contributed by atoms with Gasteiger partial charge in [-0.25, -0.2) is 0 Å². The smallest absolute Gasteiger partial charge is 0.220 e. The van der Waals surface area contributed by atoms with Crippen LogP contribution in [0.3, 0.4) is 0 Å². The molecule has 1 unspecified atom stereocenters. The third kappa shape index (κ3) is 4.57. The number of hydrogen-bond acceptors (Lipinski definition) is 2. The predicted molar refractivity (Wildman–Crippen MR) is 120 cm³/mol. The molecule has 0 radical (unpaired) electrons. The summed E-state index contributed by atoms with van der Waals surface area (Å²) >= 11 is 0. The van der Waals surface area contributed by atoms with Crippen molar-refractivity contribution in [3.05, 3.63) is 90.4 Å². The molecule has 4 aromatic rings. The molecule has 0 spiro atoms. The summed E-state index contributed by atoms with van der Waals surface area (Å²) in [4.78, 5) is 15.9. The second-order valence-corrected chi connectivity index (χ2v) is 7.44. The Morgan fingerprint density at radius 3 is 2.60 bits per heavy atom. The number of carbonyl (C=O) groups is 1. The van der Waals surface area contributed by atoms with E-state index in [0.29, 0.717) is 13.0 Å². The zero-order chi connectivity index (χ0) is 20.8. The van der Waals surface area contributed by atoms with Crippen molar-refractivity contribution in [3.8, 4) is 5.75 Å². The van der Waals surface area contributed by atoms with Crippen LogP contribution in [0.5, 0.6) is 5.75 Å². The van der Waals surface area contributed by atoms with E-state index in [0.717, 1.165) is 29.8 Å². The summed E-state index contributed by atoms with van der Waals surface area (Å²) in [6, 6.07) is 20.4. The summed E-state index contributed by atoms with van der Waals surface area (Å²) in [6.07, 6.45) is 7.43. The molecule has 2 aromatic heterocycles. The van der Waals surface area contributed by atoms with Gasteiger partial charge < -0.3 is 19.6 Å². The number of carbonyl (C=O) groups excluding carboxylic acids is 1. The first kappa shape index (κ1) is 19.8. The number of nitrogens with zero attached hydrogens (tertiary/aromatic N) is 1. The molecule has 2 N–H and O–H groups in total. The number of aromatic amines is 1. The van der Waals surface area contributed by atoms with Crippen molar-refractivity contribution in [1.29, 1.82) is 0 Å². The fourth-order valence-corrected chi connectivity index (χ4v) is 3.87. The molecule has 5 nitrogen and oxygen atoms in total. The Hall–Kier alpha value is -3.47. The highest BCUT2D eigenvalue weighted by molar-refractivity contribution is 5.84. The number of hydrogen-bond donors (Lipinski definition) is 2. The van der Waals surface area contributed by atoms with E-state index in [1.54, 1.807) is 7.11 Å². The lowest BCUT2D eigenvalue weighted by molar-refractivity contribution is -0.121. The number of nitrogens with one attached hydrogen (secondary N) is 2. The minimum atomic E-state index is 0.0560. The van der Waals surface area contributed by atoms with Crippen LogP contribution in [-0.4, -0.2) is 29.1 Å². The second kappa shape index (κ2) is 9.35. The number of fused-ring (bicyclic) bond motifs is 1. The monoisotopic (exact) mass is 401 g/mol. The van der Waals surface area contributed by atoms with Gasteiger partial charge in [-0.05, 0) is 47.9 Å². The van der Waals surface area contributed by atoms with Crippen molar-refractivity contribution in [2.75, 3.05) is 13.7 Å². The lowest BCUT2D eigenvalue weighted by Gasteiger charge is -2.19. The zero-order valence-electron chi connectivity index (χ0n) is 17.2. The van der Waals surface area contributed by atoms with E-state index in [4.69, 9.17) is 4.74 Å².